The molecule has 0 aromatic carbocycles. The van der Waals surface area contributed by atoms with Gasteiger partial charge in [-0.15, -0.1) is 0 Å². The highest BCUT2D eigenvalue weighted by molar-refractivity contribution is 5.85. The van der Waals surface area contributed by atoms with Crippen molar-refractivity contribution in [2.45, 2.75) is 64.2 Å². The van der Waals surface area contributed by atoms with E-state index >= 15 is 0 Å². The van der Waals surface area contributed by atoms with E-state index < -0.39 is 11.1 Å². The Bertz CT molecular complexity index is 549. The van der Waals surface area contributed by atoms with E-state index in [0.29, 0.717) is 12.8 Å². The van der Waals surface area contributed by atoms with Crippen LogP contribution in [0.25, 0.3) is 0 Å². The maximum absolute atomic E-state index is 12.8. The van der Waals surface area contributed by atoms with Crippen molar-refractivity contribution in [3.8, 4) is 0 Å². The normalized spacial score (nSPS) is 51.8. The zero-order valence-electron chi connectivity index (χ0n) is 14.1. The van der Waals surface area contributed by atoms with Crippen molar-refractivity contribution in [1.29, 1.82) is 0 Å². The van der Waals surface area contributed by atoms with Crippen LogP contribution in [-0.2, 0) is 14.3 Å². The van der Waals surface area contributed by atoms with Crippen LogP contribution in [0, 0.1) is 23.2 Å². The lowest BCUT2D eigenvalue weighted by atomic mass is 9.52. The zero-order valence-corrected chi connectivity index (χ0v) is 14.1. The minimum absolute atomic E-state index is 0.0291. The predicted molar refractivity (Wildman–Crippen MR) is 83.4 cm³/mol. The number of esters is 1. The Labute approximate surface area is 137 Å². The van der Waals surface area contributed by atoms with Crippen molar-refractivity contribution in [2.75, 3.05) is 13.1 Å². The van der Waals surface area contributed by atoms with E-state index in [2.05, 4.69) is 11.8 Å². The molecule has 0 aromatic rings. The van der Waals surface area contributed by atoms with Crippen LogP contribution in [0.5, 0.6) is 0 Å². The van der Waals surface area contributed by atoms with Gasteiger partial charge in [-0.25, -0.2) is 0 Å². The summed E-state index contributed by atoms with van der Waals surface area (Å²) in [5.74, 6) is -0.0107. The Balaban J connectivity index is 1.85. The number of carbonyl (C=O) groups is 2. The number of piperidine rings is 1. The number of ketones is 1. The van der Waals surface area contributed by atoms with Crippen LogP contribution in [0.1, 0.15) is 52.4 Å². The fraction of sp³-hybridized carbons (Fsp3) is 0.889. The first-order chi connectivity index (χ1) is 10.9. The lowest BCUT2D eigenvalue weighted by Gasteiger charge is -2.63. The van der Waals surface area contributed by atoms with Crippen molar-refractivity contribution in [3.05, 3.63) is 0 Å². The quantitative estimate of drug-likeness (QED) is 0.745. The van der Waals surface area contributed by atoms with Gasteiger partial charge in [-0.05, 0) is 38.0 Å². The summed E-state index contributed by atoms with van der Waals surface area (Å²) in [6, 6.07) is 0. The molecule has 1 spiro atoms. The van der Waals surface area contributed by atoms with Gasteiger partial charge in [0, 0.05) is 43.7 Å². The molecular formula is C18H27NO4. The van der Waals surface area contributed by atoms with Crippen LogP contribution >= 0.6 is 0 Å². The van der Waals surface area contributed by atoms with E-state index in [0.717, 1.165) is 38.8 Å². The second-order valence-corrected chi connectivity index (χ2v) is 8.17. The molecular weight excluding hydrogens is 294 g/mol. The molecule has 4 fully saturated rings. The van der Waals surface area contributed by atoms with Gasteiger partial charge in [0.05, 0.1) is 0 Å². The Morgan fingerprint density at radius 2 is 2.09 bits per heavy atom. The first-order valence-corrected chi connectivity index (χ1v) is 9.07. The second-order valence-electron chi connectivity index (χ2n) is 8.17. The number of aliphatic hydroxyl groups is 1. The zero-order chi connectivity index (χ0) is 16.4. The molecule has 2 aliphatic heterocycles. The standard InChI is InChI=1S/C18H27NO4/c1-11-10-18(22)17-6-4-8-19(18)7-3-5-13(17)15(21)9-14(17)16(11)23-12(2)20/h11,13-14,16,22H,3-10H2,1-2H3. The molecule has 2 aliphatic carbocycles. The van der Waals surface area contributed by atoms with Crippen LogP contribution in [0.15, 0.2) is 0 Å². The summed E-state index contributed by atoms with van der Waals surface area (Å²) in [5, 5.41) is 11.8. The Morgan fingerprint density at radius 3 is 2.83 bits per heavy atom. The molecule has 0 amide bonds. The van der Waals surface area contributed by atoms with E-state index in [1.807, 2.05) is 0 Å². The highest BCUT2D eigenvalue weighted by atomic mass is 16.5. The number of nitrogens with zero attached hydrogens (tertiary/aromatic N) is 1. The summed E-state index contributed by atoms with van der Waals surface area (Å²) >= 11 is 0. The van der Waals surface area contributed by atoms with Gasteiger partial charge in [-0.2, -0.15) is 0 Å². The minimum Gasteiger partial charge on any atom is -0.462 e. The highest BCUT2D eigenvalue weighted by Crippen LogP contribution is 2.67. The molecule has 4 rings (SSSR count). The number of Topliss-reactive ketones (excluding diaryl/α,β-unsaturated/α-hetero) is 1. The maximum Gasteiger partial charge on any atom is 0.302 e. The van der Waals surface area contributed by atoms with Gasteiger partial charge in [0.1, 0.15) is 17.6 Å². The Hall–Kier alpha value is -0.940. The summed E-state index contributed by atoms with van der Waals surface area (Å²) in [6.45, 7) is 5.29. The summed E-state index contributed by atoms with van der Waals surface area (Å²) in [4.78, 5) is 26.7. The smallest absolute Gasteiger partial charge is 0.302 e. The van der Waals surface area contributed by atoms with Crippen molar-refractivity contribution in [1.82, 2.24) is 4.90 Å². The fourth-order valence-corrected chi connectivity index (χ4v) is 6.55. The van der Waals surface area contributed by atoms with E-state index in [-0.39, 0.29) is 35.6 Å². The summed E-state index contributed by atoms with van der Waals surface area (Å²) < 4.78 is 5.68. The lowest BCUT2D eigenvalue weighted by molar-refractivity contribution is -0.285. The third-order valence-corrected chi connectivity index (χ3v) is 7.17. The second kappa shape index (κ2) is 5.03. The first kappa shape index (κ1) is 15.6. The van der Waals surface area contributed by atoms with Crippen LogP contribution < -0.4 is 0 Å². The summed E-state index contributed by atoms with van der Waals surface area (Å²) in [5.41, 5.74) is -1.31. The lowest BCUT2D eigenvalue weighted by Crippen LogP contribution is -2.71. The van der Waals surface area contributed by atoms with Crippen molar-refractivity contribution >= 4 is 11.8 Å². The van der Waals surface area contributed by atoms with E-state index in [1.165, 1.54) is 6.92 Å². The average Bonchev–Trinajstić information content (AvgIpc) is 2.74. The molecule has 5 heteroatoms. The molecule has 2 bridgehead atoms. The van der Waals surface area contributed by atoms with Crippen LogP contribution in [0.4, 0.5) is 0 Å². The number of hydrogen-bond donors (Lipinski definition) is 1. The van der Waals surface area contributed by atoms with Crippen LogP contribution in [-0.4, -0.2) is 46.7 Å². The molecule has 5 nitrogen and oxygen atoms in total. The molecule has 2 saturated carbocycles. The first-order valence-electron chi connectivity index (χ1n) is 9.07. The Kier molecular flexibility index (Phi) is 3.40. The summed E-state index contributed by atoms with van der Waals surface area (Å²) in [7, 11) is 0. The highest BCUT2D eigenvalue weighted by Gasteiger charge is 2.72. The van der Waals surface area contributed by atoms with Gasteiger partial charge in [0.15, 0.2) is 0 Å². The van der Waals surface area contributed by atoms with Crippen molar-refractivity contribution < 1.29 is 19.4 Å². The van der Waals surface area contributed by atoms with Gasteiger partial charge < -0.3 is 9.84 Å². The van der Waals surface area contributed by atoms with E-state index in [1.54, 1.807) is 0 Å². The average molecular weight is 321 g/mol. The van der Waals surface area contributed by atoms with E-state index in [4.69, 9.17) is 4.74 Å². The third kappa shape index (κ3) is 1.86. The molecule has 0 radical (unpaired) electrons. The fourth-order valence-electron chi connectivity index (χ4n) is 6.55. The number of ether oxygens (including phenoxy) is 1. The molecule has 2 saturated heterocycles. The molecule has 128 valence electrons. The molecule has 4 aliphatic rings. The summed E-state index contributed by atoms with van der Waals surface area (Å²) in [6.07, 6.45) is 4.57. The SMILES string of the molecule is CC(=O)OC1C(C)CC2(O)N3CCCC4C(=O)CC1C42CCC3. The number of carbonyl (C=O) groups excluding carboxylic acids is 2. The third-order valence-electron chi connectivity index (χ3n) is 7.17. The van der Waals surface area contributed by atoms with Gasteiger partial charge in [0.2, 0.25) is 0 Å². The van der Waals surface area contributed by atoms with E-state index in [9.17, 15) is 14.7 Å². The van der Waals surface area contributed by atoms with Gasteiger partial charge >= 0.3 is 5.97 Å². The molecule has 0 aromatic heterocycles. The van der Waals surface area contributed by atoms with Crippen molar-refractivity contribution in [3.63, 3.8) is 0 Å². The van der Waals surface area contributed by atoms with Gasteiger partial charge in [-0.1, -0.05) is 6.92 Å². The number of rotatable bonds is 1. The molecule has 23 heavy (non-hydrogen) atoms. The van der Waals surface area contributed by atoms with Gasteiger partial charge in [0.25, 0.3) is 0 Å². The largest absolute Gasteiger partial charge is 0.462 e. The van der Waals surface area contributed by atoms with Crippen molar-refractivity contribution in [2.24, 2.45) is 23.2 Å². The molecule has 7 unspecified atom stereocenters. The molecule has 2 heterocycles. The maximum atomic E-state index is 12.8. The van der Waals surface area contributed by atoms with Crippen LogP contribution in [0.2, 0.25) is 0 Å². The monoisotopic (exact) mass is 321 g/mol. The minimum atomic E-state index is -0.903. The van der Waals surface area contributed by atoms with Crippen LogP contribution in [0.3, 0.4) is 0 Å². The van der Waals surface area contributed by atoms with Gasteiger partial charge in [-0.3, -0.25) is 14.5 Å². The molecule has 7 atom stereocenters. The predicted octanol–water partition coefficient (Wildman–Crippen LogP) is 1.73. The topological polar surface area (TPSA) is 66.8 Å². The molecule has 1 N–H and O–H groups in total. The number of hydrogen-bond acceptors (Lipinski definition) is 5. The Morgan fingerprint density at radius 1 is 1.35 bits per heavy atom.